The number of carbonyl (C=O) groups is 1. The third-order valence-corrected chi connectivity index (χ3v) is 2.50. The fraction of sp³-hybridized carbons (Fsp3) is 0. The minimum absolute atomic E-state index is 0.323. The first-order chi connectivity index (χ1) is 7.88. The van der Waals surface area contributed by atoms with Gasteiger partial charge < -0.3 is 0 Å². The number of rotatable bonds is 1. The normalized spacial score (nSPS) is 10.8. The first kappa shape index (κ1) is 8.91. The summed E-state index contributed by atoms with van der Waals surface area (Å²) < 4.78 is 0. The van der Waals surface area contributed by atoms with Gasteiger partial charge >= 0.3 is 0 Å². The molecule has 2 aromatic heterocycles. The molecule has 0 N–H and O–H groups in total. The van der Waals surface area contributed by atoms with Gasteiger partial charge in [0.1, 0.15) is 11.2 Å². The number of benzene rings is 1. The molecule has 0 atom stereocenters. The lowest BCUT2D eigenvalue weighted by Crippen LogP contribution is -1.83. The Labute approximate surface area is 90.9 Å². The van der Waals surface area contributed by atoms with E-state index in [4.69, 9.17) is 0 Å². The molecule has 1 aromatic carbocycles. The van der Waals surface area contributed by atoms with Crippen LogP contribution >= 0.6 is 0 Å². The fourth-order valence-electron chi connectivity index (χ4n) is 1.71. The van der Waals surface area contributed by atoms with Crippen molar-refractivity contribution < 1.29 is 4.79 Å². The summed E-state index contributed by atoms with van der Waals surface area (Å²) in [6.45, 7) is 0. The van der Waals surface area contributed by atoms with Crippen molar-refractivity contribution in [3.8, 4) is 0 Å². The second-order valence-corrected chi connectivity index (χ2v) is 3.46. The number of aromatic nitrogens is 3. The Morgan fingerprint density at radius 2 is 1.88 bits per heavy atom. The molecule has 0 aliphatic rings. The van der Waals surface area contributed by atoms with Crippen molar-refractivity contribution >= 4 is 28.1 Å². The van der Waals surface area contributed by atoms with E-state index in [2.05, 4.69) is 15.2 Å². The summed E-state index contributed by atoms with van der Waals surface area (Å²) in [5.41, 5.74) is 1.98. The van der Waals surface area contributed by atoms with Gasteiger partial charge in [-0.1, -0.05) is 12.1 Å². The lowest BCUT2D eigenvalue weighted by molar-refractivity contribution is 0.111. The maximum Gasteiger partial charge on any atom is 0.170 e. The van der Waals surface area contributed by atoms with E-state index in [0.717, 1.165) is 21.8 Å². The van der Waals surface area contributed by atoms with E-state index in [1.807, 2.05) is 24.3 Å². The fourth-order valence-corrected chi connectivity index (χ4v) is 1.71. The van der Waals surface area contributed by atoms with E-state index in [1.165, 1.54) is 0 Å². The predicted octanol–water partition coefficient (Wildman–Crippen LogP) is 1.99. The smallest absolute Gasteiger partial charge is 0.170 e. The molecule has 3 aromatic rings. The molecule has 0 aliphatic heterocycles. The van der Waals surface area contributed by atoms with Crippen LogP contribution in [-0.4, -0.2) is 21.5 Å². The summed E-state index contributed by atoms with van der Waals surface area (Å²) in [4.78, 5) is 14.8. The zero-order valence-corrected chi connectivity index (χ0v) is 8.29. The first-order valence-electron chi connectivity index (χ1n) is 4.85. The van der Waals surface area contributed by atoms with E-state index < -0.39 is 0 Å². The highest BCUT2D eigenvalue weighted by atomic mass is 16.1. The van der Waals surface area contributed by atoms with Crippen LogP contribution in [0.25, 0.3) is 21.8 Å². The minimum atomic E-state index is 0.323. The van der Waals surface area contributed by atoms with Gasteiger partial charge in [-0.25, -0.2) is 0 Å². The Balaban J connectivity index is 2.50. The average Bonchev–Trinajstić information content (AvgIpc) is 2.69. The second kappa shape index (κ2) is 3.34. The van der Waals surface area contributed by atoms with Crippen molar-refractivity contribution in [2.45, 2.75) is 0 Å². The Morgan fingerprint density at radius 1 is 1.00 bits per heavy atom. The molecule has 0 radical (unpaired) electrons. The maximum absolute atomic E-state index is 10.6. The lowest BCUT2D eigenvalue weighted by atomic mass is 10.2. The molecule has 4 nitrogen and oxygen atoms in total. The standard InChI is InChI=1S/C12H7N3O/c16-7-9-3-1-8-2-4-11-10(5-6-13-11)12(8)15-14-9/h1-7H. The Morgan fingerprint density at radius 3 is 2.75 bits per heavy atom. The van der Waals surface area contributed by atoms with E-state index in [9.17, 15) is 4.79 Å². The molecule has 0 saturated heterocycles. The van der Waals surface area contributed by atoms with Crippen LogP contribution in [0.4, 0.5) is 0 Å². The van der Waals surface area contributed by atoms with Gasteiger partial charge in [0, 0.05) is 17.0 Å². The van der Waals surface area contributed by atoms with E-state index in [-0.39, 0.29) is 0 Å². The van der Waals surface area contributed by atoms with Crippen molar-refractivity contribution in [1.29, 1.82) is 0 Å². The molecule has 0 bridgehead atoms. The zero-order chi connectivity index (χ0) is 11.0. The summed E-state index contributed by atoms with van der Waals surface area (Å²) in [7, 11) is 0. The van der Waals surface area contributed by atoms with E-state index in [0.29, 0.717) is 12.0 Å². The lowest BCUT2D eigenvalue weighted by Gasteiger charge is -1.91. The van der Waals surface area contributed by atoms with Gasteiger partial charge in [-0.15, -0.1) is 10.2 Å². The van der Waals surface area contributed by atoms with Crippen LogP contribution in [0.1, 0.15) is 10.5 Å². The summed E-state index contributed by atoms with van der Waals surface area (Å²) in [5.74, 6) is 0. The molecular formula is C12H7N3O. The van der Waals surface area contributed by atoms with Gasteiger partial charge in [0.25, 0.3) is 0 Å². The maximum atomic E-state index is 10.6. The van der Waals surface area contributed by atoms with Crippen molar-refractivity contribution in [2.75, 3.05) is 0 Å². The minimum Gasteiger partial charge on any atom is -0.296 e. The van der Waals surface area contributed by atoms with Crippen molar-refractivity contribution in [3.05, 3.63) is 42.2 Å². The SMILES string of the molecule is O=Cc1ccc2ccc3nccc3c2nn1. The molecule has 4 heteroatoms. The Kier molecular flexibility index (Phi) is 1.86. The molecule has 0 spiro atoms. The first-order valence-corrected chi connectivity index (χ1v) is 4.85. The molecule has 2 heterocycles. The topological polar surface area (TPSA) is 55.7 Å². The van der Waals surface area contributed by atoms with Gasteiger partial charge in [0.15, 0.2) is 6.29 Å². The molecule has 0 aliphatic carbocycles. The molecule has 0 amide bonds. The number of fused-ring (bicyclic) bond motifs is 3. The van der Waals surface area contributed by atoms with Crippen LogP contribution in [0.5, 0.6) is 0 Å². The molecule has 16 heavy (non-hydrogen) atoms. The van der Waals surface area contributed by atoms with Gasteiger partial charge in [0.05, 0.1) is 5.52 Å². The van der Waals surface area contributed by atoms with Crippen LogP contribution in [0.3, 0.4) is 0 Å². The predicted molar refractivity (Wildman–Crippen MR) is 60.2 cm³/mol. The molecular weight excluding hydrogens is 202 g/mol. The Bertz CT molecular complexity index is 694. The van der Waals surface area contributed by atoms with Gasteiger partial charge in [-0.05, 0) is 18.2 Å². The number of hydrogen-bond acceptors (Lipinski definition) is 4. The third kappa shape index (κ3) is 1.24. The van der Waals surface area contributed by atoms with Crippen LogP contribution in [0.2, 0.25) is 0 Å². The van der Waals surface area contributed by atoms with Gasteiger partial charge in [0.2, 0.25) is 0 Å². The van der Waals surface area contributed by atoms with Crippen LogP contribution in [-0.2, 0) is 0 Å². The van der Waals surface area contributed by atoms with Crippen molar-refractivity contribution in [2.24, 2.45) is 0 Å². The van der Waals surface area contributed by atoms with E-state index in [1.54, 1.807) is 12.3 Å². The molecule has 0 unspecified atom stereocenters. The van der Waals surface area contributed by atoms with Crippen molar-refractivity contribution in [1.82, 2.24) is 15.2 Å². The average molecular weight is 209 g/mol. The highest BCUT2D eigenvalue weighted by Crippen LogP contribution is 2.21. The van der Waals surface area contributed by atoms with Gasteiger partial charge in [-0.3, -0.25) is 9.78 Å². The molecule has 3 rings (SSSR count). The van der Waals surface area contributed by atoms with Crippen LogP contribution in [0.15, 0.2) is 36.5 Å². The van der Waals surface area contributed by atoms with Crippen LogP contribution in [0, 0.1) is 0 Å². The largest absolute Gasteiger partial charge is 0.296 e. The third-order valence-electron chi connectivity index (χ3n) is 2.50. The number of carbonyl (C=O) groups excluding carboxylic acids is 1. The Hall–Kier alpha value is -2.36. The number of nitrogens with zero attached hydrogens (tertiary/aromatic N) is 3. The number of aldehydes is 1. The van der Waals surface area contributed by atoms with Crippen molar-refractivity contribution in [3.63, 3.8) is 0 Å². The summed E-state index contributed by atoms with van der Waals surface area (Å²) in [6.07, 6.45) is 2.42. The zero-order valence-electron chi connectivity index (χ0n) is 8.29. The molecule has 0 saturated carbocycles. The highest BCUT2D eigenvalue weighted by Gasteiger charge is 2.02. The molecule has 0 fully saturated rings. The quantitative estimate of drug-likeness (QED) is 0.575. The summed E-state index contributed by atoms with van der Waals surface area (Å²) >= 11 is 0. The van der Waals surface area contributed by atoms with Gasteiger partial charge in [-0.2, -0.15) is 0 Å². The van der Waals surface area contributed by atoms with Crippen LogP contribution < -0.4 is 0 Å². The molecule has 76 valence electrons. The monoisotopic (exact) mass is 209 g/mol. The summed E-state index contributed by atoms with van der Waals surface area (Å²) in [5, 5.41) is 9.87. The highest BCUT2D eigenvalue weighted by molar-refractivity contribution is 6.03. The van der Waals surface area contributed by atoms with E-state index >= 15 is 0 Å². The second-order valence-electron chi connectivity index (χ2n) is 3.46. The number of hydrogen-bond donors (Lipinski definition) is 0. The summed E-state index contributed by atoms with van der Waals surface area (Å²) in [6, 6.07) is 9.25.